The van der Waals surface area contributed by atoms with Gasteiger partial charge in [0.25, 0.3) is 0 Å². The zero-order valence-electron chi connectivity index (χ0n) is 14.7. The van der Waals surface area contributed by atoms with E-state index in [1.54, 1.807) is 11.0 Å². The van der Waals surface area contributed by atoms with Crippen molar-refractivity contribution in [3.63, 3.8) is 0 Å². The van der Waals surface area contributed by atoms with Crippen LogP contribution in [-0.2, 0) is 9.47 Å². The van der Waals surface area contributed by atoms with E-state index in [9.17, 15) is 9.59 Å². The first-order chi connectivity index (χ1) is 12.0. The number of alkyl carbamates (subject to hydrolysis) is 1. The third kappa shape index (κ3) is 8.09. The maximum absolute atomic E-state index is 11.5. The number of ether oxygens (including phenoxy) is 2. The van der Waals surface area contributed by atoms with Gasteiger partial charge in [-0.15, -0.1) is 0 Å². The monoisotopic (exact) mass is 371 g/mol. The molecule has 0 fully saturated rings. The number of hydrogen-bond donors (Lipinski definition) is 2. The predicted octanol–water partition coefficient (Wildman–Crippen LogP) is 2.93. The quantitative estimate of drug-likeness (QED) is 0.618. The number of urea groups is 1. The molecule has 8 heteroatoms. The van der Waals surface area contributed by atoms with Gasteiger partial charge in [-0.3, -0.25) is 0 Å². The molecule has 1 aromatic carbocycles. The molecular weight excluding hydrogens is 346 g/mol. The van der Waals surface area contributed by atoms with Gasteiger partial charge >= 0.3 is 12.1 Å². The van der Waals surface area contributed by atoms with Gasteiger partial charge in [-0.05, 0) is 30.5 Å². The Kier molecular flexibility index (Phi) is 9.72. The number of hydrogen-bond acceptors (Lipinski definition) is 4. The van der Waals surface area contributed by atoms with Gasteiger partial charge in [-0.25, -0.2) is 9.59 Å². The van der Waals surface area contributed by atoms with Crippen LogP contribution in [0, 0.1) is 0 Å². The number of nitrogens with one attached hydrogen (secondary N) is 1. The molecule has 1 unspecified atom stereocenters. The summed E-state index contributed by atoms with van der Waals surface area (Å²) in [5.74, 6) is 0. The van der Waals surface area contributed by atoms with Gasteiger partial charge in [-0.1, -0.05) is 30.7 Å². The maximum Gasteiger partial charge on any atom is 0.406 e. The van der Waals surface area contributed by atoms with Crippen molar-refractivity contribution in [2.24, 2.45) is 5.73 Å². The van der Waals surface area contributed by atoms with Crippen LogP contribution in [0.3, 0.4) is 0 Å². The van der Waals surface area contributed by atoms with Crippen molar-refractivity contribution in [2.75, 3.05) is 33.4 Å². The number of primary amides is 1. The third-order valence-electron chi connectivity index (χ3n) is 3.56. The normalized spacial score (nSPS) is 11.6. The van der Waals surface area contributed by atoms with E-state index < -0.39 is 12.1 Å². The Hall–Kier alpha value is -1.99. The summed E-state index contributed by atoms with van der Waals surface area (Å²) in [5.41, 5.74) is 6.31. The smallest absolute Gasteiger partial charge is 0.406 e. The van der Waals surface area contributed by atoms with Gasteiger partial charge in [0, 0.05) is 24.7 Å². The minimum atomic E-state index is -0.509. The zero-order chi connectivity index (χ0) is 18.7. The SMILES string of the molecule is CCCN(CCC(OCCNC(=O)OC)c1cccc(Cl)c1)C(N)=O. The van der Waals surface area contributed by atoms with Crippen LogP contribution in [0.5, 0.6) is 0 Å². The first kappa shape index (κ1) is 21.1. The van der Waals surface area contributed by atoms with Crippen molar-refractivity contribution in [1.29, 1.82) is 0 Å². The number of benzene rings is 1. The summed E-state index contributed by atoms with van der Waals surface area (Å²) in [5, 5.41) is 3.17. The summed E-state index contributed by atoms with van der Waals surface area (Å²) in [6, 6.07) is 6.93. The molecule has 1 aromatic rings. The molecule has 7 nitrogen and oxygen atoms in total. The highest BCUT2D eigenvalue weighted by atomic mass is 35.5. The number of amides is 3. The highest BCUT2D eigenvalue weighted by Crippen LogP contribution is 2.24. The Morgan fingerprint density at radius 1 is 1.36 bits per heavy atom. The fourth-order valence-corrected chi connectivity index (χ4v) is 2.55. The molecule has 140 valence electrons. The Balaban J connectivity index is 2.67. The van der Waals surface area contributed by atoms with Crippen molar-refractivity contribution in [3.05, 3.63) is 34.9 Å². The predicted molar refractivity (Wildman–Crippen MR) is 96.6 cm³/mol. The summed E-state index contributed by atoms with van der Waals surface area (Å²) in [6.45, 7) is 3.68. The van der Waals surface area contributed by atoms with Crippen molar-refractivity contribution in [2.45, 2.75) is 25.9 Å². The first-order valence-electron chi connectivity index (χ1n) is 8.21. The van der Waals surface area contributed by atoms with Crippen LogP contribution in [0.2, 0.25) is 5.02 Å². The molecule has 3 N–H and O–H groups in total. The molecule has 0 aliphatic heterocycles. The van der Waals surface area contributed by atoms with Gasteiger partial charge < -0.3 is 25.4 Å². The number of carbonyl (C=O) groups is 2. The summed E-state index contributed by atoms with van der Waals surface area (Å²) < 4.78 is 10.4. The van der Waals surface area contributed by atoms with Crippen LogP contribution >= 0.6 is 11.6 Å². The lowest BCUT2D eigenvalue weighted by molar-refractivity contribution is 0.0429. The summed E-state index contributed by atoms with van der Waals surface area (Å²) >= 11 is 6.06. The zero-order valence-corrected chi connectivity index (χ0v) is 15.4. The van der Waals surface area contributed by atoms with Crippen molar-refractivity contribution in [1.82, 2.24) is 10.2 Å². The Morgan fingerprint density at radius 2 is 2.12 bits per heavy atom. The second-order valence-electron chi connectivity index (χ2n) is 5.45. The summed E-state index contributed by atoms with van der Waals surface area (Å²) in [6.07, 6.45) is 0.624. The van der Waals surface area contributed by atoms with Gasteiger partial charge in [0.05, 0.1) is 19.8 Å². The standard InChI is InChI=1S/C17H26ClN3O4/c1-3-9-21(16(19)22)10-7-15(13-5-4-6-14(18)12-13)25-11-8-20-17(23)24-2/h4-6,12,15H,3,7-11H2,1-2H3,(H2,19,22)(H,20,23). The largest absolute Gasteiger partial charge is 0.453 e. The molecule has 3 amide bonds. The van der Waals surface area contributed by atoms with E-state index in [4.69, 9.17) is 22.1 Å². The van der Waals surface area contributed by atoms with E-state index in [2.05, 4.69) is 10.1 Å². The molecule has 25 heavy (non-hydrogen) atoms. The molecule has 1 rings (SSSR count). The molecular formula is C17H26ClN3O4. The van der Waals surface area contributed by atoms with Crippen molar-refractivity contribution >= 4 is 23.7 Å². The molecule has 0 spiro atoms. The lowest BCUT2D eigenvalue weighted by Gasteiger charge is -2.24. The fourth-order valence-electron chi connectivity index (χ4n) is 2.35. The first-order valence-corrected chi connectivity index (χ1v) is 8.59. The molecule has 0 radical (unpaired) electrons. The van der Waals surface area contributed by atoms with E-state index >= 15 is 0 Å². The van der Waals surface area contributed by atoms with Crippen LogP contribution < -0.4 is 11.1 Å². The minimum absolute atomic E-state index is 0.267. The highest BCUT2D eigenvalue weighted by molar-refractivity contribution is 6.30. The van der Waals surface area contributed by atoms with Crippen LogP contribution in [0.4, 0.5) is 9.59 Å². The summed E-state index contributed by atoms with van der Waals surface area (Å²) in [7, 11) is 1.30. The molecule has 0 aliphatic rings. The van der Waals surface area contributed by atoms with Crippen LogP contribution in [-0.4, -0.2) is 50.4 Å². The third-order valence-corrected chi connectivity index (χ3v) is 3.80. The number of carbonyl (C=O) groups excluding carboxylic acids is 2. The van der Waals surface area contributed by atoms with Crippen LogP contribution in [0.25, 0.3) is 0 Å². The van der Waals surface area contributed by atoms with Crippen LogP contribution in [0.1, 0.15) is 31.4 Å². The topological polar surface area (TPSA) is 93.9 Å². The molecule has 0 saturated carbocycles. The molecule has 0 heterocycles. The molecule has 1 atom stereocenters. The maximum atomic E-state index is 11.5. The van der Waals surface area contributed by atoms with Gasteiger partial charge in [0.2, 0.25) is 0 Å². The van der Waals surface area contributed by atoms with E-state index in [0.717, 1.165) is 12.0 Å². The average Bonchev–Trinajstić information content (AvgIpc) is 2.59. The lowest BCUT2D eigenvalue weighted by Crippen LogP contribution is -2.37. The second kappa shape index (κ2) is 11.5. The highest BCUT2D eigenvalue weighted by Gasteiger charge is 2.16. The van der Waals surface area contributed by atoms with Crippen LogP contribution in [0.15, 0.2) is 24.3 Å². The number of halogens is 1. The summed E-state index contributed by atoms with van der Waals surface area (Å²) in [4.78, 5) is 24.1. The van der Waals surface area contributed by atoms with E-state index in [0.29, 0.717) is 37.7 Å². The van der Waals surface area contributed by atoms with E-state index in [1.165, 1.54) is 7.11 Å². The molecule has 0 saturated heterocycles. The van der Waals surface area contributed by atoms with E-state index in [1.807, 2.05) is 25.1 Å². The van der Waals surface area contributed by atoms with Gasteiger partial charge in [0.15, 0.2) is 0 Å². The number of rotatable bonds is 10. The minimum Gasteiger partial charge on any atom is -0.453 e. The number of nitrogens with zero attached hydrogens (tertiary/aromatic N) is 1. The Labute approximate surface area is 153 Å². The Morgan fingerprint density at radius 3 is 2.72 bits per heavy atom. The molecule has 0 bridgehead atoms. The fraction of sp³-hybridized carbons (Fsp3) is 0.529. The molecule has 0 aromatic heterocycles. The number of nitrogens with two attached hydrogens (primary N) is 1. The van der Waals surface area contributed by atoms with E-state index in [-0.39, 0.29) is 6.10 Å². The molecule has 0 aliphatic carbocycles. The van der Waals surface area contributed by atoms with Crippen molar-refractivity contribution < 1.29 is 19.1 Å². The average molecular weight is 372 g/mol. The van der Waals surface area contributed by atoms with Gasteiger partial charge in [-0.2, -0.15) is 0 Å². The lowest BCUT2D eigenvalue weighted by atomic mass is 10.1. The second-order valence-corrected chi connectivity index (χ2v) is 5.88. The Bertz CT molecular complexity index is 556. The number of methoxy groups -OCH3 is 1. The van der Waals surface area contributed by atoms with Gasteiger partial charge in [0.1, 0.15) is 0 Å². The van der Waals surface area contributed by atoms with Crippen molar-refractivity contribution in [3.8, 4) is 0 Å².